The van der Waals surface area contributed by atoms with Crippen molar-refractivity contribution < 1.29 is 0 Å². The van der Waals surface area contributed by atoms with Gasteiger partial charge in [-0.15, -0.1) is 0 Å². The molecule has 2 heterocycles. The van der Waals surface area contributed by atoms with Gasteiger partial charge in [-0.2, -0.15) is 0 Å². The van der Waals surface area contributed by atoms with E-state index in [0.29, 0.717) is 6.04 Å². The van der Waals surface area contributed by atoms with Gasteiger partial charge in [-0.1, -0.05) is 6.07 Å². The third kappa shape index (κ3) is 5.14. The number of hydrogen-bond donors (Lipinski definition) is 2. The number of anilines is 1. The standard InChI is InChI=1S/C22H35N5/c1-3-23-22(25-15-20(17-5-6-17)18-7-8-18)26-19-10-12-27(13-11-19)21-9-4-16(2)14-24-21/h4,9,14,17-20H,3,5-8,10-13,15H2,1-2H3,(H2,23,25,26). The average Bonchev–Trinajstić information content (AvgIpc) is 3.58. The van der Waals surface area contributed by atoms with Crippen LogP contribution < -0.4 is 15.5 Å². The Balaban J connectivity index is 1.28. The van der Waals surface area contributed by atoms with Gasteiger partial charge >= 0.3 is 0 Å². The normalized spacial score (nSPS) is 21.6. The molecule has 0 aromatic carbocycles. The molecule has 0 unspecified atom stereocenters. The summed E-state index contributed by atoms with van der Waals surface area (Å²) >= 11 is 0. The monoisotopic (exact) mass is 369 g/mol. The minimum atomic E-state index is 0.504. The summed E-state index contributed by atoms with van der Waals surface area (Å²) < 4.78 is 0. The molecule has 1 aliphatic heterocycles. The van der Waals surface area contributed by atoms with Crippen LogP contribution in [-0.2, 0) is 0 Å². The first-order valence-electron chi connectivity index (χ1n) is 11.0. The predicted molar refractivity (Wildman–Crippen MR) is 112 cm³/mol. The predicted octanol–water partition coefficient (Wildman–Crippen LogP) is 3.35. The lowest BCUT2D eigenvalue weighted by Gasteiger charge is -2.34. The summed E-state index contributed by atoms with van der Waals surface area (Å²) in [5.41, 5.74) is 1.22. The van der Waals surface area contributed by atoms with Crippen LogP contribution in [-0.4, -0.2) is 43.2 Å². The zero-order valence-corrected chi connectivity index (χ0v) is 17.0. The summed E-state index contributed by atoms with van der Waals surface area (Å²) in [6.45, 7) is 8.29. The maximum Gasteiger partial charge on any atom is 0.191 e. The molecule has 1 aromatic rings. The van der Waals surface area contributed by atoms with Gasteiger partial charge in [0.05, 0.1) is 0 Å². The Hall–Kier alpha value is -1.78. The summed E-state index contributed by atoms with van der Waals surface area (Å²) in [7, 11) is 0. The molecule has 2 N–H and O–H groups in total. The number of nitrogens with one attached hydrogen (secondary N) is 2. The summed E-state index contributed by atoms with van der Waals surface area (Å²) in [5.74, 6) is 4.91. The summed E-state index contributed by atoms with van der Waals surface area (Å²) in [5, 5.41) is 7.17. The van der Waals surface area contributed by atoms with Crippen LogP contribution in [0.4, 0.5) is 5.82 Å². The molecule has 2 aliphatic carbocycles. The molecule has 0 amide bonds. The largest absolute Gasteiger partial charge is 0.357 e. The molecule has 3 fully saturated rings. The Morgan fingerprint density at radius 1 is 1.15 bits per heavy atom. The molecule has 0 bridgehead atoms. The van der Waals surface area contributed by atoms with Crippen LogP contribution in [0.25, 0.3) is 0 Å². The van der Waals surface area contributed by atoms with Crippen molar-refractivity contribution in [3.8, 4) is 0 Å². The van der Waals surface area contributed by atoms with Crippen LogP contribution in [0.5, 0.6) is 0 Å². The van der Waals surface area contributed by atoms with E-state index in [-0.39, 0.29) is 0 Å². The van der Waals surface area contributed by atoms with Crippen molar-refractivity contribution in [1.82, 2.24) is 15.6 Å². The second-order valence-electron chi connectivity index (χ2n) is 8.66. The Bertz CT molecular complexity index is 613. The lowest BCUT2D eigenvalue weighted by Crippen LogP contribution is -2.49. The maximum atomic E-state index is 4.99. The topological polar surface area (TPSA) is 52.6 Å². The van der Waals surface area contributed by atoms with Crippen LogP contribution in [0.2, 0.25) is 0 Å². The molecule has 3 aliphatic rings. The van der Waals surface area contributed by atoms with E-state index >= 15 is 0 Å². The van der Waals surface area contributed by atoms with Gasteiger partial charge in [0.25, 0.3) is 0 Å². The van der Waals surface area contributed by atoms with Gasteiger partial charge in [0.1, 0.15) is 5.82 Å². The molecule has 4 rings (SSSR count). The van der Waals surface area contributed by atoms with E-state index in [9.17, 15) is 0 Å². The SMILES string of the molecule is CCNC(=NCC(C1CC1)C1CC1)NC1CCN(c2ccc(C)cn2)CC1. The fourth-order valence-electron chi connectivity index (χ4n) is 4.34. The zero-order valence-electron chi connectivity index (χ0n) is 17.0. The fraction of sp³-hybridized carbons (Fsp3) is 0.727. The molecule has 1 aromatic heterocycles. The Morgan fingerprint density at radius 3 is 2.41 bits per heavy atom. The van der Waals surface area contributed by atoms with Gasteiger partial charge in [0.2, 0.25) is 0 Å². The fourth-order valence-corrected chi connectivity index (χ4v) is 4.34. The third-order valence-corrected chi connectivity index (χ3v) is 6.32. The number of guanidine groups is 1. The van der Waals surface area contributed by atoms with Gasteiger partial charge < -0.3 is 15.5 Å². The highest BCUT2D eigenvalue weighted by Gasteiger charge is 2.41. The highest BCUT2D eigenvalue weighted by molar-refractivity contribution is 5.80. The Morgan fingerprint density at radius 2 is 1.85 bits per heavy atom. The smallest absolute Gasteiger partial charge is 0.191 e. The molecule has 5 nitrogen and oxygen atoms in total. The van der Waals surface area contributed by atoms with E-state index in [4.69, 9.17) is 4.99 Å². The quantitative estimate of drug-likeness (QED) is 0.572. The number of rotatable bonds is 7. The first kappa shape index (κ1) is 18.6. The lowest BCUT2D eigenvalue weighted by atomic mass is 9.98. The van der Waals surface area contributed by atoms with Crippen molar-refractivity contribution in [2.24, 2.45) is 22.7 Å². The Kier molecular flexibility index (Phi) is 5.84. The van der Waals surface area contributed by atoms with Crippen LogP contribution in [0, 0.1) is 24.7 Å². The summed E-state index contributed by atoms with van der Waals surface area (Å²) in [6, 6.07) is 4.80. The molecule has 27 heavy (non-hydrogen) atoms. The molecule has 0 radical (unpaired) electrons. The first-order valence-corrected chi connectivity index (χ1v) is 11.0. The van der Waals surface area contributed by atoms with Crippen molar-refractivity contribution in [2.75, 3.05) is 31.1 Å². The van der Waals surface area contributed by atoms with Gasteiger partial charge in [-0.25, -0.2) is 4.98 Å². The molecular formula is C22H35N5. The van der Waals surface area contributed by atoms with Crippen LogP contribution in [0.3, 0.4) is 0 Å². The van der Waals surface area contributed by atoms with Crippen molar-refractivity contribution >= 4 is 11.8 Å². The van der Waals surface area contributed by atoms with E-state index in [0.717, 1.165) is 68.6 Å². The van der Waals surface area contributed by atoms with Gasteiger partial charge in [0.15, 0.2) is 5.96 Å². The summed E-state index contributed by atoms with van der Waals surface area (Å²) in [6.07, 6.45) is 9.98. The van der Waals surface area contributed by atoms with E-state index in [1.54, 1.807) is 0 Å². The van der Waals surface area contributed by atoms with Gasteiger partial charge in [0, 0.05) is 38.4 Å². The van der Waals surface area contributed by atoms with E-state index < -0.39 is 0 Å². The number of aryl methyl sites for hydroxylation is 1. The lowest BCUT2D eigenvalue weighted by molar-refractivity contribution is 0.414. The van der Waals surface area contributed by atoms with Crippen molar-refractivity contribution in [2.45, 2.75) is 58.4 Å². The van der Waals surface area contributed by atoms with Crippen LogP contribution in [0.15, 0.2) is 23.3 Å². The highest BCUT2D eigenvalue weighted by Crippen LogP contribution is 2.49. The third-order valence-electron chi connectivity index (χ3n) is 6.32. The minimum absolute atomic E-state index is 0.504. The number of aliphatic imine (C=N–C) groups is 1. The van der Waals surface area contributed by atoms with Gasteiger partial charge in [-0.3, -0.25) is 4.99 Å². The van der Waals surface area contributed by atoms with Crippen molar-refractivity contribution in [3.05, 3.63) is 23.9 Å². The molecule has 1 saturated heterocycles. The van der Waals surface area contributed by atoms with Crippen molar-refractivity contribution in [3.63, 3.8) is 0 Å². The zero-order chi connectivity index (χ0) is 18.6. The maximum absolute atomic E-state index is 4.99. The molecule has 2 saturated carbocycles. The van der Waals surface area contributed by atoms with E-state index in [1.807, 2.05) is 6.20 Å². The Labute approximate surface area is 164 Å². The molecule has 5 heteroatoms. The van der Waals surface area contributed by atoms with Crippen LogP contribution in [0.1, 0.15) is 51.0 Å². The number of piperidine rings is 1. The van der Waals surface area contributed by atoms with Crippen molar-refractivity contribution in [1.29, 1.82) is 0 Å². The highest BCUT2D eigenvalue weighted by atomic mass is 15.2. The minimum Gasteiger partial charge on any atom is -0.357 e. The second kappa shape index (κ2) is 8.49. The van der Waals surface area contributed by atoms with Crippen LogP contribution >= 0.6 is 0 Å². The number of aromatic nitrogens is 1. The molecular weight excluding hydrogens is 334 g/mol. The molecule has 148 valence electrons. The first-order chi connectivity index (χ1) is 13.2. The summed E-state index contributed by atoms with van der Waals surface area (Å²) in [4.78, 5) is 12.0. The van der Waals surface area contributed by atoms with E-state index in [2.05, 4.69) is 46.5 Å². The molecule has 0 spiro atoms. The van der Waals surface area contributed by atoms with Gasteiger partial charge in [-0.05, 0) is 81.8 Å². The second-order valence-corrected chi connectivity index (χ2v) is 8.66. The number of pyridine rings is 1. The average molecular weight is 370 g/mol. The van der Waals surface area contributed by atoms with E-state index in [1.165, 1.54) is 31.2 Å². The number of hydrogen-bond acceptors (Lipinski definition) is 3. The molecule has 0 atom stereocenters. The number of nitrogens with zero attached hydrogens (tertiary/aromatic N) is 3.